The van der Waals surface area contributed by atoms with E-state index >= 15 is 0 Å². The number of aryl methyl sites for hydroxylation is 1. The average Bonchev–Trinajstić information content (AvgIpc) is 2.97. The van der Waals surface area contributed by atoms with Crippen LogP contribution in [-0.2, 0) is 9.59 Å². The molecule has 1 unspecified atom stereocenters. The second-order valence-corrected chi connectivity index (χ2v) is 6.90. The van der Waals surface area contributed by atoms with Crippen molar-refractivity contribution in [2.75, 3.05) is 18.4 Å². The molecule has 0 radical (unpaired) electrons. The number of hydrogen-bond donors (Lipinski definition) is 1. The fraction of sp³-hybridized carbons (Fsp3) is 0.500. The van der Waals surface area contributed by atoms with E-state index in [1.54, 1.807) is 0 Å². The molecule has 24 heavy (non-hydrogen) atoms. The SMILES string of the molecule is Cc1ccccc1NC(=O)C1CC(=O)N(CCC2=CCCCC2)C1. The zero-order chi connectivity index (χ0) is 16.9. The first kappa shape index (κ1) is 16.7. The lowest BCUT2D eigenvalue weighted by Crippen LogP contribution is -2.29. The van der Waals surface area contributed by atoms with Crippen molar-refractivity contribution in [3.63, 3.8) is 0 Å². The minimum Gasteiger partial charge on any atom is -0.342 e. The molecule has 1 aliphatic carbocycles. The van der Waals surface area contributed by atoms with Crippen molar-refractivity contribution >= 4 is 17.5 Å². The van der Waals surface area contributed by atoms with Gasteiger partial charge in [0.25, 0.3) is 0 Å². The Morgan fingerprint density at radius 2 is 2.12 bits per heavy atom. The van der Waals surface area contributed by atoms with Crippen LogP contribution < -0.4 is 5.32 Å². The Kier molecular flexibility index (Phi) is 5.34. The zero-order valence-electron chi connectivity index (χ0n) is 14.4. The van der Waals surface area contributed by atoms with E-state index in [0.29, 0.717) is 13.0 Å². The minimum absolute atomic E-state index is 0.0444. The van der Waals surface area contributed by atoms with Gasteiger partial charge in [0, 0.05) is 25.2 Å². The van der Waals surface area contributed by atoms with E-state index in [0.717, 1.165) is 24.2 Å². The lowest BCUT2D eigenvalue weighted by molar-refractivity contribution is -0.128. The molecule has 3 rings (SSSR count). The Bertz CT molecular complexity index is 651. The minimum atomic E-state index is -0.238. The van der Waals surface area contributed by atoms with Crippen LogP contribution in [0.4, 0.5) is 5.69 Å². The monoisotopic (exact) mass is 326 g/mol. The van der Waals surface area contributed by atoms with Gasteiger partial charge >= 0.3 is 0 Å². The molecule has 0 bridgehead atoms. The predicted molar refractivity (Wildman–Crippen MR) is 95.7 cm³/mol. The first-order valence-electron chi connectivity index (χ1n) is 8.95. The van der Waals surface area contributed by atoms with Gasteiger partial charge < -0.3 is 10.2 Å². The third kappa shape index (κ3) is 4.05. The van der Waals surface area contributed by atoms with E-state index < -0.39 is 0 Å². The third-order valence-corrected chi connectivity index (χ3v) is 5.08. The molecule has 1 aliphatic heterocycles. The van der Waals surface area contributed by atoms with Gasteiger partial charge in [0.05, 0.1) is 5.92 Å². The number of nitrogens with zero attached hydrogens (tertiary/aromatic N) is 1. The number of anilines is 1. The fourth-order valence-electron chi connectivity index (χ4n) is 3.52. The van der Waals surface area contributed by atoms with Gasteiger partial charge in [0.2, 0.25) is 11.8 Å². The number of likely N-dealkylation sites (tertiary alicyclic amines) is 1. The number of para-hydroxylation sites is 1. The van der Waals surface area contributed by atoms with Crippen molar-refractivity contribution in [2.45, 2.75) is 45.4 Å². The molecule has 0 spiro atoms. The molecule has 4 nitrogen and oxygen atoms in total. The van der Waals surface area contributed by atoms with Gasteiger partial charge in [-0.15, -0.1) is 0 Å². The standard InChI is InChI=1S/C20H26N2O2/c1-15-7-5-6-10-18(15)21-20(24)17-13-19(23)22(14-17)12-11-16-8-3-2-4-9-16/h5-8,10,17H,2-4,9,11-14H2,1H3,(H,21,24). The van der Waals surface area contributed by atoms with Crippen LogP contribution in [0.2, 0.25) is 0 Å². The zero-order valence-corrected chi connectivity index (χ0v) is 14.4. The largest absolute Gasteiger partial charge is 0.342 e. The highest BCUT2D eigenvalue weighted by Gasteiger charge is 2.34. The van der Waals surface area contributed by atoms with Crippen molar-refractivity contribution < 1.29 is 9.59 Å². The van der Waals surface area contributed by atoms with E-state index in [1.807, 2.05) is 36.1 Å². The van der Waals surface area contributed by atoms with Gasteiger partial charge in [-0.2, -0.15) is 0 Å². The molecule has 1 heterocycles. The maximum atomic E-state index is 12.5. The number of benzene rings is 1. The predicted octanol–water partition coefficient (Wildman–Crippen LogP) is 3.67. The number of carbonyl (C=O) groups excluding carboxylic acids is 2. The number of nitrogens with one attached hydrogen (secondary N) is 1. The summed E-state index contributed by atoms with van der Waals surface area (Å²) in [7, 11) is 0. The van der Waals surface area contributed by atoms with Crippen molar-refractivity contribution in [3.8, 4) is 0 Å². The molecule has 1 aromatic carbocycles. The summed E-state index contributed by atoms with van der Waals surface area (Å²) in [5, 5.41) is 2.97. The number of amides is 2. The van der Waals surface area contributed by atoms with Gasteiger partial charge in [0.1, 0.15) is 0 Å². The number of allylic oxidation sites excluding steroid dienone is 1. The lowest BCUT2D eigenvalue weighted by atomic mass is 9.97. The van der Waals surface area contributed by atoms with Crippen LogP contribution in [0.1, 0.15) is 44.1 Å². The van der Waals surface area contributed by atoms with Gasteiger partial charge in [0.15, 0.2) is 0 Å². The van der Waals surface area contributed by atoms with Gasteiger partial charge in [-0.3, -0.25) is 9.59 Å². The second-order valence-electron chi connectivity index (χ2n) is 6.90. The topological polar surface area (TPSA) is 49.4 Å². The highest BCUT2D eigenvalue weighted by atomic mass is 16.2. The smallest absolute Gasteiger partial charge is 0.229 e. The summed E-state index contributed by atoms with van der Waals surface area (Å²) in [6.07, 6.45) is 8.50. The van der Waals surface area contributed by atoms with Crippen molar-refractivity contribution in [1.82, 2.24) is 4.90 Å². The van der Waals surface area contributed by atoms with Crippen LogP contribution in [0.3, 0.4) is 0 Å². The summed E-state index contributed by atoms with van der Waals surface area (Å²) in [5.41, 5.74) is 3.35. The average molecular weight is 326 g/mol. The van der Waals surface area contributed by atoms with Crippen LogP contribution in [0.25, 0.3) is 0 Å². The lowest BCUT2D eigenvalue weighted by Gasteiger charge is -2.19. The van der Waals surface area contributed by atoms with Crippen molar-refractivity contribution in [3.05, 3.63) is 41.5 Å². The third-order valence-electron chi connectivity index (χ3n) is 5.08. The van der Waals surface area contributed by atoms with Crippen LogP contribution in [0.15, 0.2) is 35.9 Å². The molecule has 1 atom stereocenters. The maximum absolute atomic E-state index is 12.5. The van der Waals surface area contributed by atoms with E-state index in [2.05, 4.69) is 11.4 Å². The molecule has 128 valence electrons. The summed E-state index contributed by atoms with van der Waals surface area (Å²) in [6.45, 7) is 3.27. The van der Waals surface area contributed by atoms with E-state index in [1.165, 1.54) is 31.3 Å². The van der Waals surface area contributed by atoms with Gasteiger partial charge in [-0.05, 0) is 50.7 Å². The first-order valence-corrected chi connectivity index (χ1v) is 8.95. The molecule has 2 aliphatic rings. The summed E-state index contributed by atoms with van der Waals surface area (Å²) in [6, 6.07) is 7.73. The number of carbonyl (C=O) groups is 2. The van der Waals surface area contributed by atoms with Crippen LogP contribution in [0.5, 0.6) is 0 Å². The summed E-state index contributed by atoms with van der Waals surface area (Å²) in [4.78, 5) is 26.5. The first-order chi connectivity index (χ1) is 11.6. The normalized spacial score (nSPS) is 20.9. The van der Waals surface area contributed by atoms with Gasteiger partial charge in [-0.1, -0.05) is 29.8 Å². The summed E-state index contributed by atoms with van der Waals surface area (Å²) in [5.74, 6) is -0.175. The van der Waals surface area contributed by atoms with Crippen molar-refractivity contribution in [2.24, 2.45) is 5.92 Å². The highest BCUT2D eigenvalue weighted by Crippen LogP contribution is 2.24. The maximum Gasteiger partial charge on any atom is 0.229 e. The highest BCUT2D eigenvalue weighted by molar-refractivity contribution is 5.97. The number of rotatable bonds is 5. The molecule has 4 heteroatoms. The molecule has 2 amide bonds. The van der Waals surface area contributed by atoms with Crippen LogP contribution in [0, 0.1) is 12.8 Å². The molecule has 1 fully saturated rings. The second kappa shape index (κ2) is 7.65. The van der Waals surface area contributed by atoms with E-state index in [4.69, 9.17) is 0 Å². The van der Waals surface area contributed by atoms with Crippen molar-refractivity contribution in [1.29, 1.82) is 0 Å². The quantitative estimate of drug-likeness (QED) is 0.839. The van der Waals surface area contributed by atoms with Crippen LogP contribution in [-0.4, -0.2) is 29.8 Å². The van der Waals surface area contributed by atoms with E-state index in [9.17, 15) is 9.59 Å². The Balaban J connectivity index is 1.53. The summed E-state index contributed by atoms with van der Waals surface area (Å²) >= 11 is 0. The fourth-order valence-corrected chi connectivity index (χ4v) is 3.52. The Morgan fingerprint density at radius 3 is 2.88 bits per heavy atom. The Hall–Kier alpha value is -2.10. The Morgan fingerprint density at radius 1 is 1.29 bits per heavy atom. The summed E-state index contributed by atoms with van der Waals surface area (Å²) < 4.78 is 0. The molecule has 0 aromatic heterocycles. The van der Waals surface area contributed by atoms with E-state index in [-0.39, 0.29) is 17.7 Å². The molecule has 1 N–H and O–H groups in total. The molecule has 1 aromatic rings. The van der Waals surface area contributed by atoms with Gasteiger partial charge in [-0.25, -0.2) is 0 Å². The molecule has 0 saturated carbocycles. The molecular formula is C20H26N2O2. The van der Waals surface area contributed by atoms with Crippen LogP contribution >= 0.6 is 0 Å². The molecule has 1 saturated heterocycles. The number of hydrogen-bond acceptors (Lipinski definition) is 2. The Labute approximate surface area is 143 Å². The molecular weight excluding hydrogens is 300 g/mol.